The van der Waals surface area contributed by atoms with Crippen molar-refractivity contribution < 1.29 is 9.08 Å². The second-order valence-electron chi connectivity index (χ2n) is 3.86. The first-order chi connectivity index (χ1) is 8.70. The van der Waals surface area contributed by atoms with E-state index >= 15 is 0 Å². The zero-order valence-electron chi connectivity index (χ0n) is 9.76. The SMILES string of the molecule is CN(Cc1cccc(-c2cc[nH]n2)c1)C(=O)OCl. The molecule has 94 valence electrons. The number of carbonyl (C=O) groups is 1. The number of aromatic amines is 1. The Morgan fingerprint density at radius 3 is 3.00 bits per heavy atom. The molecule has 1 heterocycles. The highest BCUT2D eigenvalue weighted by atomic mass is 35.5. The summed E-state index contributed by atoms with van der Waals surface area (Å²) >= 11 is 5.02. The smallest absolute Gasteiger partial charge is 0.330 e. The summed E-state index contributed by atoms with van der Waals surface area (Å²) in [6, 6.07) is 9.65. The quantitative estimate of drug-likeness (QED) is 0.928. The van der Waals surface area contributed by atoms with Gasteiger partial charge in [-0.1, -0.05) is 18.2 Å². The molecule has 0 aliphatic rings. The lowest BCUT2D eigenvalue weighted by Crippen LogP contribution is -2.24. The van der Waals surface area contributed by atoms with Gasteiger partial charge in [0, 0.05) is 25.4 Å². The maximum absolute atomic E-state index is 11.2. The first kappa shape index (κ1) is 12.4. The first-order valence-corrected chi connectivity index (χ1v) is 5.64. The molecule has 1 aromatic heterocycles. The Bertz CT molecular complexity index is 528. The molecular formula is C12H12ClN3O2. The number of H-pyrrole nitrogens is 1. The number of carbonyl (C=O) groups excluding carboxylic acids is 1. The fourth-order valence-corrected chi connectivity index (χ4v) is 1.77. The monoisotopic (exact) mass is 265 g/mol. The van der Waals surface area contributed by atoms with Crippen LogP contribution in [0.3, 0.4) is 0 Å². The van der Waals surface area contributed by atoms with Gasteiger partial charge in [-0.25, -0.2) is 4.79 Å². The van der Waals surface area contributed by atoms with Gasteiger partial charge in [-0.2, -0.15) is 5.10 Å². The zero-order chi connectivity index (χ0) is 13.0. The lowest BCUT2D eigenvalue weighted by molar-refractivity contribution is 0.165. The molecule has 0 saturated heterocycles. The molecule has 2 aromatic rings. The zero-order valence-corrected chi connectivity index (χ0v) is 10.5. The first-order valence-electron chi connectivity index (χ1n) is 5.33. The molecule has 1 aromatic carbocycles. The highest BCUT2D eigenvalue weighted by Crippen LogP contribution is 2.18. The van der Waals surface area contributed by atoms with Gasteiger partial charge in [0.15, 0.2) is 0 Å². The molecule has 0 spiro atoms. The second-order valence-corrected chi connectivity index (χ2v) is 4.01. The van der Waals surface area contributed by atoms with Gasteiger partial charge in [0.05, 0.1) is 5.69 Å². The molecule has 0 unspecified atom stereocenters. The number of hydrogen-bond donors (Lipinski definition) is 1. The van der Waals surface area contributed by atoms with E-state index in [4.69, 9.17) is 11.9 Å². The van der Waals surface area contributed by atoms with Gasteiger partial charge in [0.1, 0.15) is 11.9 Å². The van der Waals surface area contributed by atoms with Crippen molar-refractivity contribution in [2.45, 2.75) is 6.54 Å². The van der Waals surface area contributed by atoms with Crippen LogP contribution in [0.25, 0.3) is 11.3 Å². The van der Waals surface area contributed by atoms with Crippen LogP contribution in [0.15, 0.2) is 36.5 Å². The molecule has 0 radical (unpaired) electrons. The molecule has 18 heavy (non-hydrogen) atoms. The number of amides is 1. The largest absolute Gasteiger partial charge is 0.428 e. The van der Waals surface area contributed by atoms with Crippen LogP contribution in [0.2, 0.25) is 0 Å². The molecule has 5 nitrogen and oxygen atoms in total. The minimum atomic E-state index is -0.582. The predicted octanol–water partition coefficient (Wildman–Crippen LogP) is 2.80. The number of halogens is 1. The van der Waals surface area contributed by atoms with Crippen LogP contribution < -0.4 is 0 Å². The van der Waals surface area contributed by atoms with Gasteiger partial charge < -0.3 is 9.19 Å². The van der Waals surface area contributed by atoms with Crippen molar-refractivity contribution >= 4 is 18.0 Å². The summed E-state index contributed by atoms with van der Waals surface area (Å²) in [4.78, 5) is 12.6. The van der Waals surface area contributed by atoms with Crippen LogP contribution in [-0.2, 0) is 10.8 Å². The third-order valence-electron chi connectivity index (χ3n) is 2.52. The van der Waals surface area contributed by atoms with Crippen LogP contribution in [0, 0.1) is 0 Å². The van der Waals surface area contributed by atoms with Crippen molar-refractivity contribution in [1.29, 1.82) is 0 Å². The van der Waals surface area contributed by atoms with E-state index < -0.39 is 6.09 Å². The van der Waals surface area contributed by atoms with E-state index in [1.54, 1.807) is 13.2 Å². The molecular weight excluding hydrogens is 254 g/mol. The number of nitrogens with zero attached hydrogens (tertiary/aromatic N) is 2. The number of aromatic nitrogens is 2. The summed E-state index contributed by atoms with van der Waals surface area (Å²) in [5.74, 6) is 0. The number of rotatable bonds is 3. The van der Waals surface area contributed by atoms with E-state index in [1.165, 1.54) is 4.90 Å². The van der Waals surface area contributed by atoms with E-state index in [9.17, 15) is 4.79 Å². The van der Waals surface area contributed by atoms with E-state index in [0.717, 1.165) is 16.8 Å². The maximum Gasteiger partial charge on any atom is 0.428 e. The predicted molar refractivity (Wildman–Crippen MR) is 67.8 cm³/mol. The van der Waals surface area contributed by atoms with Crippen LogP contribution in [0.4, 0.5) is 4.79 Å². The summed E-state index contributed by atoms with van der Waals surface area (Å²) in [6.45, 7) is 0.420. The lowest BCUT2D eigenvalue weighted by Gasteiger charge is -2.14. The molecule has 2 rings (SSSR count). The number of hydrogen-bond acceptors (Lipinski definition) is 3. The minimum Gasteiger partial charge on any atom is -0.330 e. The summed E-state index contributed by atoms with van der Waals surface area (Å²) < 4.78 is 4.13. The van der Waals surface area contributed by atoms with Crippen LogP contribution in [0.1, 0.15) is 5.56 Å². The van der Waals surface area contributed by atoms with E-state index in [-0.39, 0.29) is 0 Å². The molecule has 1 N–H and O–H groups in total. The standard InChI is InChI=1S/C12H12ClN3O2/c1-16(12(17)18-13)8-9-3-2-4-10(7-9)11-5-6-14-15-11/h2-7H,8H2,1H3,(H,14,15). The third kappa shape index (κ3) is 2.81. The Morgan fingerprint density at radius 1 is 1.50 bits per heavy atom. The van der Waals surface area contributed by atoms with Gasteiger partial charge in [-0.15, -0.1) is 0 Å². The number of benzene rings is 1. The summed E-state index contributed by atoms with van der Waals surface area (Å²) in [5, 5.41) is 6.87. The molecule has 0 aliphatic carbocycles. The maximum atomic E-state index is 11.2. The van der Waals surface area contributed by atoms with Gasteiger partial charge >= 0.3 is 6.09 Å². The summed E-state index contributed by atoms with van der Waals surface area (Å²) in [7, 11) is 1.62. The van der Waals surface area contributed by atoms with Gasteiger partial charge in [0.25, 0.3) is 0 Å². The molecule has 0 saturated carbocycles. The van der Waals surface area contributed by atoms with E-state index in [1.807, 2.05) is 30.3 Å². The summed E-state index contributed by atoms with van der Waals surface area (Å²) in [5.41, 5.74) is 2.82. The van der Waals surface area contributed by atoms with Crippen LogP contribution in [-0.4, -0.2) is 28.2 Å². The number of nitrogens with one attached hydrogen (secondary N) is 1. The minimum absolute atomic E-state index is 0.420. The Balaban J connectivity index is 2.15. The van der Waals surface area contributed by atoms with Crippen molar-refractivity contribution in [3.8, 4) is 11.3 Å². The average molecular weight is 266 g/mol. The summed E-state index contributed by atoms with van der Waals surface area (Å²) in [6.07, 6.45) is 1.18. The Kier molecular flexibility index (Phi) is 3.84. The Labute approximate surface area is 109 Å². The fraction of sp³-hybridized carbons (Fsp3) is 0.167. The molecule has 0 fully saturated rings. The highest BCUT2D eigenvalue weighted by Gasteiger charge is 2.10. The lowest BCUT2D eigenvalue weighted by atomic mass is 10.1. The van der Waals surface area contributed by atoms with Crippen molar-refractivity contribution in [3.63, 3.8) is 0 Å². The van der Waals surface area contributed by atoms with Gasteiger partial charge in [-0.05, 0) is 17.7 Å². The van der Waals surface area contributed by atoms with E-state index in [2.05, 4.69) is 14.5 Å². The molecule has 0 atom stereocenters. The van der Waals surface area contributed by atoms with Crippen molar-refractivity contribution in [2.75, 3.05) is 7.05 Å². The van der Waals surface area contributed by atoms with Crippen molar-refractivity contribution in [1.82, 2.24) is 15.1 Å². The van der Waals surface area contributed by atoms with Crippen LogP contribution in [0.5, 0.6) is 0 Å². The molecule has 6 heteroatoms. The second kappa shape index (κ2) is 5.55. The van der Waals surface area contributed by atoms with Crippen molar-refractivity contribution in [2.24, 2.45) is 0 Å². The molecule has 1 amide bonds. The normalized spacial score (nSPS) is 10.1. The topological polar surface area (TPSA) is 58.2 Å². The highest BCUT2D eigenvalue weighted by molar-refractivity contribution is 6.12. The molecule has 0 aliphatic heterocycles. The van der Waals surface area contributed by atoms with Crippen LogP contribution >= 0.6 is 11.9 Å². The molecule has 0 bridgehead atoms. The average Bonchev–Trinajstić information content (AvgIpc) is 2.92. The third-order valence-corrected chi connectivity index (χ3v) is 2.65. The van der Waals surface area contributed by atoms with Gasteiger partial charge in [0.2, 0.25) is 0 Å². The Hall–Kier alpha value is -2.01. The van der Waals surface area contributed by atoms with Gasteiger partial charge in [-0.3, -0.25) is 5.10 Å². The van der Waals surface area contributed by atoms with Crippen molar-refractivity contribution in [3.05, 3.63) is 42.1 Å². The van der Waals surface area contributed by atoms with E-state index in [0.29, 0.717) is 6.54 Å². The fourth-order valence-electron chi connectivity index (χ4n) is 1.65. The Morgan fingerprint density at radius 2 is 2.33 bits per heavy atom.